The number of hydrogen-bond donors (Lipinski definition) is 1. The molecule has 0 fully saturated rings. The first-order valence-electron chi connectivity index (χ1n) is 9.21. The molecule has 2 aromatic carbocycles. The number of aryl methyl sites for hydroxylation is 3. The summed E-state index contributed by atoms with van der Waals surface area (Å²) in [7, 11) is 0. The van der Waals surface area contributed by atoms with Crippen LogP contribution in [0.4, 0.5) is 5.69 Å². The minimum Gasteiger partial charge on any atom is -0.425 e. The Labute approximate surface area is 167 Å². The second kappa shape index (κ2) is 7.71. The van der Waals surface area contributed by atoms with Crippen molar-refractivity contribution >= 4 is 11.6 Å². The highest BCUT2D eigenvalue weighted by Crippen LogP contribution is 2.23. The van der Waals surface area contributed by atoms with Crippen molar-refractivity contribution in [2.45, 2.75) is 27.2 Å². The van der Waals surface area contributed by atoms with Crippen LogP contribution in [0.2, 0.25) is 0 Å². The largest absolute Gasteiger partial charge is 0.425 e. The number of carbonyl (C=O) groups is 1. The lowest BCUT2D eigenvalue weighted by molar-refractivity contribution is 0.101. The van der Waals surface area contributed by atoms with E-state index in [1.807, 2.05) is 56.3 Å². The van der Waals surface area contributed by atoms with Gasteiger partial charge in [-0.2, -0.15) is 0 Å². The van der Waals surface area contributed by atoms with Crippen LogP contribution in [0, 0.1) is 20.8 Å². The minimum absolute atomic E-state index is 0.226. The molecule has 0 spiro atoms. The fraction of sp³-hybridized carbons (Fsp3) is 0.182. The van der Waals surface area contributed by atoms with E-state index in [2.05, 4.69) is 20.7 Å². The van der Waals surface area contributed by atoms with Gasteiger partial charge in [0.1, 0.15) is 0 Å². The van der Waals surface area contributed by atoms with Gasteiger partial charge in [0.2, 0.25) is 11.8 Å². The smallest absolute Gasteiger partial charge is 0.277 e. The van der Waals surface area contributed by atoms with Crippen molar-refractivity contribution < 1.29 is 13.7 Å². The Bertz CT molecular complexity index is 1160. The molecular formula is C22H20N4O3. The maximum atomic E-state index is 12.5. The SMILES string of the molecule is Cc1nnc(Cc2ccc(NC(=O)c3cc(-c4ccc(C)c(C)c4)on3)cc2)o1. The molecule has 0 saturated carbocycles. The molecule has 0 bridgehead atoms. The first-order chi connectivity index (χ1) is 14.0. The van der Waals surface area contributed by atoms with E-state index in [1.165, 1.54) is 5.56 Å². The molecule has 0 aliphatic carbocycles. The Balaban J connectivity index is 1.42. The van der Waals surface area contributed by atoms with Crippen molar-refractivity contribution in [1.82, 2.24) is 15.4 Å². The summed E-state index contributed by atoms with van der Waals surface area (Å²) < 4.78 is 10.7. The molecule has 7 heteroatoms. The second-order valence-electron chi connectivity index (χ2n) is 6.92. The van der Waals surface area contributed by atoms with E-state index >= 15 is 0 Å². The van der Waals surface area contributed by atoms with Gasteiger partial charge in [0.05, 0.1) is 6.42 Å². The van der Waals surface area contributed by atoms with Gasteiger partial charge in [0.25, 0.3) is 5.91 Å². The van der Waals surface area contributed by atoms with Gasteiger partial charge < -0.3 is 14.3 Å². The second-order valence-corrected chi connectivity index (χ2v) is 6.92. The van der Waals surface area contributed by atoms with E-state index in [0.29, 0.717) is 29.6 Å². The molecule has 146 valence electrons. The van der Waals surface area contributed by atoms with Crippen molar-refractivity contribution in [3.8, 4) is 11.3 Å². The van der Waals surface area contributed by atoms with Crippen LogP contribution in [0.15, 0.2) is 57.5 Å². The van der Waals surface area contributed by atoms with Crippen molar-refractivity contribution in [2.24, 2.45) is 0 Å². The lowest BCUT2D eigenvalue weighted by Gasteiger charge is -2.04. The van der Waals surface area contributed by atoms with Crippen molar-refractivity contribution in [1.29, 1.82) is 0 Å². The number of hydrogen-bond acceptors (Lipinski definition) is 6. The van der Waals surface area contributed by atoms with Gasteiger partial charge in [-0.1, -0.05) is 29.4 Å². The zero-order valence-corrected chi connectivity index (χ0v) is 16.4. The van der Waals surface area contributed by atoms with E-state index < -0.39 is 0 Å². The van der Waals surface area contributed by atoms with Crippen LogP contribution in [-0.4, -0.2) is 21.3 Å². The summed E-state index contributed by atoms with van der Waals surface area (Å²) >= 11 is 0. The van der Waals surface area contributed by atoms with Crippen LogP contribution in [0.5, 0.6) is 0 Å². The maximum Gasteiger partial charge on any atom is 0.277 e. The first-order valence-corrected chi connectivity index (χ1v) is 9.21. The quantitative estimate of drug-likeness (QED) is 0.541. The molecule has 4 rings (SSSR count). The summed E-state index contributed by atoms with van der Waals surface area (Å²) in [6.07, 6.45) is 0.539. The third-order valence-electron chi connectivity index (χ3n) is 4.67. The van der Waals surface area contributed by atoms with Crippen LogP contribution in [-0.2, 0) is 6.42 Å². The van der Waals surface area contributed by atoms with Crippen LogP contribution < -0.4 is 5.32 Å². The van der Waals surface area contributed by atoms with Gasteiger partial charge in [0, 0.05) is 24.2 Å². The Morgan fingerprint density at radius 2 is 1.76 bits per heavy atom. The average Bonchev–Trinajstić information content (AvgIpc) is 3.35. The number of amides is 1. The normalized spacial score (nSPS) is 10.9. The zero-order valence-electron chi connectivity index (χ0n) is 16.4. The molecule has 0 atom stereocenters. The lowest BCUT2D eigenvalue weighted by Crippen LogP contribution is -2.12. The average molecular weight is 388 g/mol. The number of anilines is 1. The first kappa shape index (κ1) is 18.6. The molecule has 0 aliphatic heterocycles. The summed E-state index contributed by atoms with van der Waals surface area (Å²) in [5.41, 5.74) is 5.13. The number of aromatic nitrogens is 3. The highest BCUT2D eigenvalue weighted by molar-refractivity contribution is 6.03. The molecule has 0 saturated heterocycles. The van der Waals surface area contributed by atoms with Crippen LogP contribution in [0.3, 0.4) is 0 Å². The Morgan fingerprint density at radius 1 is 0.966 bits per heavy atom. The zero-order chi connectivity index (χ0) is 20.4. The van der Waals surface area contributed by atoms with Crippen molar-refractivity contribution in [3.63, 3.8) is 0 Å². The molecule has 7 nitrogen and oxygen atoms in total. The van der Waals surface area contributed by atoms with Crippen LogP contribution >= 0.6 is 0 Å². The molecule has 1 N–H and O–H groups in total. The summed E-state index contributed by atoms with van der Waals surface area (Å²) in [6, 6.07) is 15.1. The van der Waals surface area contributed by atoms with E-state index in [4.69, 9.17) is 8.94 Å². The molecule has 1 amide bonds. The fourth-order valence-corrected chi connectivity index (χ4v) is 2.90. The van der Waals surface area contributed by atoms with Gasteiger partial charge in [-0.3, -0.25) is 4.79 Å². The molecule has 0 unspecified atom stereocenters. The Morgan fingerprint density at radius 3 is 2.45 bits per heavy atom. The molecule has 2 heterocycles. The molecular weight excluding hydrogens is 368 g/mol. The topological polar surface area (TPSA) is 94.1 Å². The number of nitrogens with zero attached hydrogens (tertiary/aromatic N) is 3. The van der Waals surface area contributed by atoms with Gasteiger partial charge in [-0.05, 0) is 48.7 Å². The van der Waals surface area contributed by atoms with E-state index in [-0.39, 0.29) is 11.6 Å². The van der Waals surface area contributed by atoms with E-state index in [9.17, 15) is 4.79 Å². The number of nitrogens with one attached hydrogen (secondary N) is 1. The van der Waals surface area contributed by atoms with Gasteiger partial charge in [-0.15, -0.1) is 10.2 Å². The lowest BCUT2D eigenvalue weighted by atomic mass is 10.0. The minimum atomic E-state index is -0.330. The Hall–Kier alpha value is -3.74. The highest BCUT2D eigenvalue weighted by atomic mass is 16.5. The molecule has 0 aliphatic rings. The Kier molecular flexibility index (Phi) is 4.95. The molecule has 0 radical (unpaired) electrons. The maximum absolute atomic E-state index is 12.5. The molecule has 2 aromatic heterocycles. The third-order valence-corrected chi connectivity index (χ3v) is 4.67. The summed E-state index contributed by atoms with van der Waals surface area (Å²) in [4.78, 5) is 12.5. The number of benzene rings is 2. The van der Waals surface area contributed by atoms with E-state index in [1.54, 1.807) is 13.0 Å². The van der Waals surface area contributed by atoms with Gasteiger partial charge >= 0.3 is 0 Å². The molecule has 29 heavy (non-hydrogen) atoms. The highest BCUT2D eigenvalue weighted by Gasteiger charge is 2.14. The van der Waals surface area contributed by atoms with Crippen molar-refractivity contribution in [3.05, 3.63) is 82.7 Å². The standard InChI is InChI=1S/C22H20N4O3/c1-13-4-7-17(10-14(13)2)20-12-19(26-29-20)22(27)23-18-8-5-16(6-9-18)11-21-25-24-15(3)28-21/h4-10,12H,11H2,1-3H3,(H,23,27). The van der Waals surface area contributed by atoms with Crippen molar-refractivity contribution in [2.75, 3.05) is 5.32 Å². The van der Waals surface area contributed by atoms with Gasteiger partial charge in [0.15, 0.2) is 11.5 Å². The monoisotopic (exact) mass is 388 g/mol. The predicted molar refractivity (Wildman–Crippen MR) is 108 cm³/mol. The fourth-order valence-electron chi connectivity index (χ4n) is 2.90. The summed E-state index contributed by atoms with van der Waals surface area (Å²) in [5.74, 6) is 1.32. The summed E-state index contributed by atoms with van der Waals surface area (Å²) in [6.45, 7) is 5.84. The third kappa shape index (κ3) is 4.24. The van der Waals surface area contributed by atoms with E-state index in [0.717, 1.165) is 16.7 Å². The van der Waals surface area contributed by atoms with Gasteiger partial charge in [-0.25, -0.2) is 0 Å². The number of rotatable bonds is 5. The molecule has 4 aromatic rings. The summed E-state index contributed by atoms with van der Waals surface area (Å²) in [5, 5.41) is 14.5. The van der Waals surface area contributed by atoms with Crippen LogP contribution in [0.1, 0.15) is 39.0 Å². The van der Waals surface area contributed by atoms with Crippen LogP contribution in [0.25, 0.3) is 11.3 Å². The number of carbonyl (C=O) groups excluding carboxylic acids is 1. The predicted octanol–water partition coefficient (Wildman–Crippen LogP) is 4.49.